The minimum atomic E-state index is -0.0496. The number of aromatic nitrogens is 1. The average molecular weight is 478 g/mol. The molecular weight excluding hydrogens is 450 g/mol. The van der Waals surface area contributed by atoms with E-state index in [1.54, 1.807) is 0 Å². The molecule has 0 radical (unpaired) electrons. The molecule has 0 aliphatic carbocycles. The fourth-order valence-electron chi connectivity index (χ4n) is 3.91. The summed E-state index contributed by atoms with van der Waals surface area (Å²) in [5.41, 5.74) is 8.26. The summed E-state index contributed by atoms with van der Waals surface area (Å²) in [5.74, 6) is 0.468. The number of aryl methyl sites for hydroxylation is 3. The number of para-hydroxylation sites is 1. The van der Waals surface area contributed by atoms with Crippen LogP contribution in [0.1, 0.15) is 28.7 Å². The van der Waals surface area contributed by atoms with Gasteiger partial charge in [0.2, 0.25) is 5.91 Å². The van der Waals surface area contributed by atoms with E-state index in [1.165, 1.54) is 11.8 Å². The second-order valence-corrected chi connectivity index (χ2v) is 9.58. The number of pyridine rings is 1. The van der Waals surface area contributed by atoms with Crippen LogP contribution in [0.25, 0.3) is 22.4 Å². The Morgan fingerprint density at radius 2 is 1.60 bits per heavy atom. The molecule has 4 rings (SSSR count). The molecule has 1 aromatic heterocycles. The lowest BCUT2D eigenvalue weighted by Crippen LogP contribution is -2.14. The first kappa shape index (κ1) is 24.3. The topological polar surface area (TPSA) is 65.8 Å². The zero-order valence-electron chi connectivity index (χ0n) is 20.1. The van der Waals surface area contributed by atoms with E-state index in [-0.39, 0.29) is 5.91 Å². The molecule has 1 N–H and O–H groups in total. The van der Waals surface area contributed by atoms with E-state index in [9.17, 15) is 10.1 Å². The maximum absolute atomic E-state index is 12.7. The molecule has 35 heavy (non-hydrogen) atoms. The van der Waals surface area contributed by atoms with Gasteiger partial charge < -0.3 is 5.32 Å². The lowest BCUT2D eigenvalue weighted by atomic mass is 9.98. The van der Waals surface area contributed by atoms with Crippen molar-refractivity contribution in [2.75, 3.05) is 11.1 Å². The minimum absolute atomic E-state index is 0.0496. The zero-order chi connectivity index (χ0) is 24.8. The van der Waals surface area contributed by atoms with E-state index < -0.39 is 0 Å². The van der Waals surface area contributed by atoms with Crippen molar-refractivity contribution in [2.24, 2.45) is 0 Å². The summed E-state index contributed by atoms with van der Waals surface area (Å²) in [5, 5.41) is 13.7. The Balaban J connectivity index is 1.61. The van der Waals surface area contributed by atoms with Crippen molar-refractivity contribution >= 4 is 23.4 Å². The van der Waals surface area contributed by atoms with Gasteiger partial charge in [0, 0.05) is 29.0 Å². The fourth-order valence-corrected chi connectivity index (χ4v) is 4.85. The van der Waals surface area contributed by atoms with Crippen LogP contribution in [-0.4, -0.2) is 16.6 Å². The number of hydrogen-bond donors (Lipinski definition) is 1. The van der Waals surface area contributed by atoms with Crippen LogP contribution in [-0.2, 0) is 4.79 Å². The second kappa shape index (κ2) is 11.0. The predicted molar refractivity (Wildman–Crippen MR) is 144 cm³/mol. The standard InChI is InChI=1S/C30H27N3OS/c1-20-12-14-23(15-13-20)25-18-27(24-10-5-4-6-11-24)32-30(26(25)19-31)35-17-16-28(34)33-29-21(2)8-7-9-22(29)3/h4-15,18H,16-17H2,1-3H3,(H,33,34). The van der Waals surface area contributed by atoms with Gasteiger partial charge in [0.15, 0.2) is 0 Å². The molecule has 174 valence electrons. The van der Waals surface area contributed by atoms with E-state index >= 15 is 0 Å². The maximum atomic E-state index is 12.7. The first-order valence-electron chi connectivity index (χ1n) is 11.5. The summed E-state index contributed by atoms with van der Waals surface area (Å²) < 4.78 is 0. The first-order valence-corrected chi connectivity index (χ1v) is 12.5. The molecule has 0 aliphatic rings. The Labute approximate surface area is 211 Å². The number of carbonyl (C=O) groups excluding carboxylic acids is 1. The highest BCUT2D eigenvalue weighted by Crippen LogP contribution is 2.34. The van der Waals surface area contributed by atoms with Crippen molar-refractivity contribution in [3.63, 3.8) is 0 Å². The summed E-state index contributed by atoms with van der Waals surface area (Å²) in [7, 11) is 0. The van der Waals surface area contributed by atoms with E-state index in [0.29, 0.717) is 22.8 Å². The Morgan fingerprint density at radius 1 is 0.914 bits per heavy atom. The van der Waals surface area contributed by atoms with E-state index in [0.717, 1.165) is 44.8 Å². The van der Waals surface area contributed by atoms with Crippen LogP contribution < -0.4 is 5.32 Å². The SMILES string of the molecule is Cc1ccc(-c2cc(-c3ccccc3)nc(SCCC(=O)Nc3c(C)cccc3C)c2C#N)cc1. The highest BCUT2D eigenvalue weighted by atomic mass is 32.2. The summed E-state index contributed by atoms with van der Waals surface area (Å²) in [4.78, 5) is 17.5. The monoisotopic (exact) mass is 477 g/mol. The molecule has 0 bridgehead atoms. The number of carbonyl (C=O) groups is 1. The fraction of sp³-hybridized carbons (Fsp3) is 0.167. The highest BCUT2D eigenvalue weighted by molar-refractivity contribution is 7.99. The lowest BCUT2D eigenvalue weighted by Gasteiger charge is -2.13. The van der Waals surface area contributed by atoms with Crippen molar-refractivity contribution in [3.05, 3.63) is 101 Å². The van der Waals surface area contributed by atoms with Gasteiger partial charge in [-0.25, -0.2) is 4.98 Å². The molecule has 5 heteroatoms. The van der Waals surface area contributed by atoms with Crippen molar-refractivity contribution in [2.45, 2.75) is 32.2 Å². The molecule has 3 aromatic carbocycles. The first-order chi connectivity index (χ1) is 17.0. The van der Waals surface area contributed by atoms with Crippen LogP contribution in [0.15, 0.2) is 83.9 Å². The maximum Gasteiger partial charge on any atom is 0.225 e. The quantitative estimate of drug-likeness (QED) is 0.283. The van der Waals surface area contributed by atoms with Gasteiger partial charge in [0.1, 0.15) is 11.1 Å². The predicted octanol–water partition coefficient (Wildman–Crippen LogP) is 7.33. The summed E-state index contributed by atoms with van der Waals surface area (Å²) in [6.07, 6.45) is 0.320. The van der Waals surface area contributed by atoms with E-state index in [2.05, 4.69) is 11.4 Å². The lowest BCUT2D eigenvalue weighted by molar-refractivity contribution is -0.115. The van der Waals surface area contributed by atoms with Gasteiger partial charge in [-0.2, -0.15) is 5.26 Å². The summed E-state index contributed by atoms with van der Waals surface area (Å²) in [6.45, 7) is 6.02. The summed E-state index contributed by atoms with van der Waals surface area (Å²) in [6, 6.07) is 28.4. The van der Waals surface area contributed by atoms with Gasteiger partial charge in [-0.3, -0.25) is 4.79 Å². The zero-order valence-corrected chi connectivity index (χ0v) is 20.9. The molecule has 1 heterocycles. The third-order valence-electron chi connectivity index (χ3n) is 5.84. The third-order valence-corrected chi connectivity index (χ3v) is 6.82. The molecule has 0 saturated heterocycles. The molecule has 0 fully saturated rings. The number of rotatable bonds is 7. The van der Waals surface area contributed by atoms with Gasteiger partial charge in [0.25, 0.3) is 0 Å². The average Bonchev–Trinajstić information content (AvgIpc) is 2.87. The molecule has 4 nitrogen and oxygen atoms in total. The van der Waals surface area contributed by atoms with Gasteiger partial charge in [-0.15, -0.1) is 11.8 Å². The van der Waals surface area contributed by atoms with Gasteiger partial charge >= 0.3 is 0 Å². The molecule has 1 amide bonds. The van der Waals surface area contributed by atoms with Crippen molar-refractivity contribution in [3.8, 4) is 28.5 Å². The highest BCUT2D eigenvalue weighted by Gasteiger charge is 2.16. The number of nitrogens with one attached hydrogen (secondary N) is 1. The molecule has 0 spiro atoms. The van der Waals surface area contributed by atoms with Gasteiger partial charge in [0.05, 0.1) is 11.3 Å². The Hall–Kier alpha value is -3.88. The molecule has 4 aromatic rings. The van der Waals surface area contributed by atoms with E-state index in [4.69, 9.17) is 4.98 Å². The van der Waals surface area contributed by atoms with Crippen LogP contribution in [0.3, 0.4) is 0 Å². The van der Waals surface area contributed by atoms with Crippen LogP contribution in [0.2, 0.25) is 0 Å². The smallest absolute Gasteiger partial charge is 0.225 e. The molecule has 0 saturated carbocycles. The molecule has 0 unspecified atom stereocenters. The Bertz CT molecular complexity index is 1370. The van der Waals surface area contributed by atoms with Crippen molar-refractivity contribution in [1.82, 2.24) is 4.98 Å². The number of benzene rings is 3. The van der Waals surface area contributed by atoms with Gasteiger partial charge in [-0.05, 0) is 43.5 Å². The summed E-state index contributed by atoms with van der Waals surface area (Å²) >= 11 is 1.45. The Morgan fingerprint density at radius 3 is 2.26 bits per heavy atom. The van der Waals surface area contributed by atoms with Crippen LogP contribution >= 0.6 is 11.8 Å². The van der Waals surface area contributed by atoms with Crippen molar-refractivity contribution in [1.29, 1.82) is 5.26 Å². The van der Waals surface area contributed by atoms with Gasteiger partial charge in [-0.1, -0.05) is 78.4 Å². The second-order valence-electron chi connectivity index (χ2n) is 8.49. The normalized spacial score (nSPS) is 10.6. The number of nitrogens with zero attached hydrogens (tertiary/aromatic N) is 2. The van der Waals surface area contributed by atoms with Crippen LogP contribution in [0.5, 0.6) is 0 Å². The number of nitriles is 1. The molecule has 0 aliphatic heterocycles. The van der Waals surface area contributed by atoms with Crippen molar-refractivity contribution < 1.29 is 4.79 Å². The molecule has 0 atom stereocenters. The number of amides is 1. The van der Waals surface area contributed by atoms with Crippen LogP contribution in [0.4, 0.5) is 5.69 Å². The Kier molecular flexibility index (Phi) is 7.64. The number of hydrogen-bond acceptors (Lipinski definition) is 4. The molecular formula is C30H27N3OS. The largest absolute Gasteiger partial charge is 0.326 e. The van der Waals surface area contributed by atoms with Crippen LogP contribution in [0, 0.1) is 32.1 Å². The third kappa shape index (κ3) is 5.79. The number of anilines is 1. The van der Waals surface area contributed by atoms with E-state index in [1.807, 2.05) is 99.6 Å². The number of thioether (sulfide) groups is 1. The minimum Gasteiger partial charge on any atom is -0.326 e.